The maximum atomic E-state index is 11.9. The normalized spacial score (nSPS) is 10.1. The number of anilines is 1. The summed E-state index contributed by atoms with van der Waals surface area (Å²) >= 11 is 12.7. The molecule has 0 bridgehead atoms. The third kappa shape index (κ3) is 5.05. The van der Waals surface area contributed by atoms with Gasteiger partial charge in [-0.15, -0.1) is 0 Å². The highest BCUT2D eigenvalue weighted by Crippen LogP contribution is 2.46. The summed E-state index contributed by atoms with van der Waals surface area (Å²) in [5.41, 5.74) is 2.62. The molecule has 0 aliphatic heterocycles. The van der Waals surface area contributed by atoms with Crippen LogP contribution in [-0.2, 0) is 11.4 Å². The zero-order valence-electron chi connectivity index (χ0n) is 17.0. The van der Waals surface area contributed by atoms with Gasteiger partial charge in [-0.1, -0.05) is 47.3 Å². The molecule has 0 saturated heterocycles. The summed E-state index contributed by atoms with van der Waals surface area (Å²) in [5.74, 6) is 5.62. The molecule has 0 atom stereocenters. The van der Waals surface area contributed by atoms with Crippen LogP contribution in [0.4, 0.5) is 5.69 Å². The van der Waals surface area contributed by atoms with Gasteiger partial charge < -0.3 is 19.5 Å². The molecule has 0 aliphatic rings. The second-order valence-electron chi connectivity index (χ2n) is 6.18. The van der Waals surface area contributed by atoms with Crippen LogP contribution in [0.15, 0.2) is 36.4 Å². The summed E-state index contributed by atoms with van der Waals surface area (Å²) < 4.78 is 16.3. The summed E-state index contributed by atoms with van der Waals surface area (Å²) in [6.07, 6.45) is 0. The van der Waals surface area contributed by atoms with Gasteiger partial charge in [-0.05, 0) is 25.0 Å². The van der Waals surface area contributed by atoms with E-state index < -0.39 is 5.91 Å². The molecular formula is C22H19Cl2N3O4. The standard InChI is InChI=1S/C22H19Cl2N3O4/c1-4-7-19(28)25-15-9-6-5-8-14(15)16-10-13(26-27-16)12-31-22-20(23)17(29-2)11-18(30-3)21(22)24/h5-6,8-11H,12H2,1-3H3,(H,25,28)(H,26,27). The van der Waals surface area contributed by atoms with Crippen LogP contribution in [0.2, 0.25) is 10.0 Å². The van der Waals surface area contributed by atoms with Crippen LogP contribution in [-0.4, -0.2) is 30.3 Å². The van der Waals surface area contributed by atoms with Crippen molar-refractivity contribution in [3.8, 4) is 40.3 Å². The van der Waals surface area contributed by atoms with Crippen LogP contribution in [0.3, 0.4) is 0 Å². The van der Waals surface area contributed by atoms with Crippen LogP contribution >= 0.6 is 23.2 Å². The van der Waals surface area contributed by atoms with Gasteiger partial charge >= 0.3 is 0 Å². The lowest BCUT2D eigenvalue weighted by molar-refractivity contribution is -0.111. The summed E-state index contributed by atoms with van der Waals surface area (Å²) in [6.45, 7) is 1.71. The first-order valence-corrected chi connectivity index (χ1v) is 9.84. The van der Waals surface area contributed by atoms with Crippen molar-refractivity contribution < 1.29 is 19.0 Å². The fourth-order valence-electron chi connectivity index (χ4n) is 2.80. The van der Waals surface area contributed by atoms with Gasteiger partial charge in [0.15, 0.2) is 5.75 Å². The van der Waals surface area contributed by atoms with Crippen LogP contribution in [0.25, 0.3) is 11.3 Å². The Bertz CT molecular complexity index is 1140. The first-order chi connectivity index (χ1) is 15.0. The Balaban J connectivity index is 1.82. The average molecular weight is 460 g/mol. The largest absolute Gasteiger partial charge is 0.495 e. The molecule has 0 saturated carbocycles. The quantitative estimate of drug-likeness (QED) is 0.488. The van der Waals surface area contributed by atoms with Gasteiger partial charge in [-0.2, -0.15) is 5.10 Å². The van der Waals surface area contributed by atoms with Crippen molar-refractivity contribution in [2.75, 3.05) is 19.5 Å². The summed E-state index contributed by atoms with van der Waals surface area (Å²) in [7, 11) is 2.98. The minimum atomic E-state index is -0.398. The second-order valence-corrected chi connectivity index (χ2v) is 6.94. The van der Waals surface area contributed by atoms with Crippen molar-refractivity contribution in [3.05, 3.63) is 52.1 Å². The van der Waals surface area contributed by atoms with Gasteiger partial charge in [-0.3, -0.25) is 9.89 Å². The van der Waals surface area contributed by atoms with Crippen molar-refractivity contribution >= 4 is 34.8 Å². The number of aromatic nitrogens is 2. The Morgan fingerprint density at radius 2 is 1.81 bits per heavy atom. The van der Waals surface area contributed by atoms with E-state index in [0.29, 0.717) is 28.6 Å². The van der Waals surface area contributed by atoms with Crippen LogP contribution in [0, 0.1) is 11.8 Å². The number of aromatic amines is 1. The first-order valence-electron chi connectivity index (χ1n) is 9.08. The lowest BCUT2D eigenvalue weighted by atomic mass is 10.1. The average Bonchev–Trinajstić information content (AvgIpc) is 3.23. The molecular weight excluding hydrogens is 441 g/mol. The van der Waals surface area contributed by atoms with Gasteiger partial charge in [-0.25, -0.2) is 0 Å². The molecule has 9 heteroatoms. The van der Waals surface area contributed by atoms with Gasteiger partial charge in [0.2, 0.25) is 0 Å². The highest BCUT2D eigenvalue weighted by atomic mass is 35.5. The molecule has 0 unspecified atom stereocenters. The van der Waals surface area contributed by atoms with Gasteiger partial charge in [0, 0.05) is 11.6 Å². The molecule has 31 heavy (non-hydrogen) atoms. The number of rotatable bonds is 7. The second kappa shape index (κ2) is 10.1. The highest BCUT2D eigenvalue weighted by molar-refractivity contribution is 6.39. The molecule has 3 aromatic rings. The number of nitrogens with one attached hydrogen (secondary N) is 2. The number of methoxy groups -OCH3 is 2. The Hall–Kier alpha value is -3.34. The Morgan fingerprint density at radius 3 is 2.45 bits per heavy atom. The van der Waals surface area contributed by atoms with Crippen LogP contribution in [0.1, 0.15) is 12.6 Å². The van der Waals surface area contributed by atoms with E-state index in [9.17, 15) is 4.79 Å². The SMILES string of the molecule is CC#CC(=O)Nc1ccccc1-c1cc(COc2c(Cl)c(OC)cc(OC)c2Cl)[nH]n1. The smallest absolute Gasteiger partial charge is 0.300 e. The summed E-state index contributed by atoms with van der Waals surface area (Å²) in [5, 5.41) is 10.5. The molecule has 1 heterocycles. The Labute approximate surface area is 189 Å². The van der Waals surface area contributed by atoms with E-state index >= 15 is 0 Å². The van der Waals surface area contributed by atoms with Crippen molar-refractivity contribution in [2.24, 2.45) is 0 Å². The van der Waals surface area contributed by atoms with Gasteiger partial charge in [0.25, 0.3) is 5.91 Å². The maximum Gasteiger partial charge on any atom is 0.300 e. The third-order valence-corrected chi connectivity index (χ3v) is 4.94. The maximum absolute atomic E-state index is 11.9. The van der Waals surface area contributed by atoms with Crippen LogP contribution in [0.5, 0.6) is 17.2 Å². The summed E-state index contributed by atoms with van der Waals surface area (Å²) in [6, 6.07) is 10.7. The number of carbonyl (C=O) groups excluding carboxylic acids is 1. The number of ether oxygens (including phenoxy) is 3. The molecule has 0 aliphatic carbocycles. The first kappa shape index (κ1) is 22.3. The van der Waals surface area contributed by atoms with Gasteiger partial charge in [0.1, 0.15) is 28.2 Å². The number of benzene rings is 2. The number of carbonyl (C=O) groups is 1. The topological polar surface area (TPSA) is 85.5 Å². The molecule has 1 aromatic heterocycles. The van der Waals surface area contributed by atoms with E-state index in [4.69, 9.17) is 37.4 Å². The zero-order chi connectivity index (χ0) is 22.4. The van der Waals surface area contributed by atoms with E-state index in [2.05, 4.69) is 27.4 Å². The number of hydrogen-bond acceptors (Lipinski definition) is 5. The Morgan fingerprint density at radius 1 is 1.13 bits per heavy atom. The predicted molar refractivity (Wildman–Crippen MR) is 120 cm³/mol. The number of hydrogen-bond donors (Lipinski definition) is 2. The number of halogens is 2. The summed E-state index contributed by atoms with van der Waals surface area (Å²) in [4.78, 5) is 11.9. The van der Waals surface area contributed by atoms with Crippen molar-refractivity contribution in [3.63, 3.8) is 0 Å². The fourth-order valence-corrected chi connectivity index (χ4v) is 3.41. The molecule has 1 amide bonds. The molecule has 0 fully saturated rings. The zero-order valence-corrected chi connectivity index (χ0v) is 18.5. The Kier molecular flexibility index (Phi) is 7.29. The van der Waals surface area contributed by atoms with E-state index in [0.717, 1.165) is 5.56 Å². The predicted octanol–water partition coefficient (Wildman–Crippen LogP) is 4.94. The van der Waals surface area contributed by atoms with Crippen LogP contribution < -0.4 is 19.5 Å². The van der Waals surface area contributed by atoms with E-state index in [-0.39, 0.29) is 22.4 Å². The lowest BCUT2D eigenvalue weighted by Crippen LogP contribution is -2.09. The third-order valence-electron chi connectivity index (χ3n) is 4.23. The number of nitrogens with zero attached hydrogens (tertiary/aromatic N) is 1. The monoisotopic (exact) mass is 459 g/mol. The molecule has 160 valence electrons. The van der Waals surface area contributed by atoms with Crippen molar-refractivity contribution in [1.82, 2.24) is 10.2 Å². The number of amides is 1. The van der Waals surface area contributed by atoms with Crippen molar-refractivity contribution in [1.29, 1.82) is 0 Å². The van der Waals surface area contributed by atoms with Crippen molar-refractivity contribution in [2.45, 2.75) is 13.5 Å². The van der Waals surface area contributed by atoms with Gasteiger partial charge in [0.05, 0.1) is 31.3 Å². The molecule has 3 rings (SSSR count). The number of para-hydroxylation sites is 1. The molecule has 0 radical (unpaired) electrons. The fraction of sp³-hybridized carbons (Fsp3) is 0.182. The highest BCUT2D eigenvalue weighted by Gasteiger charge is 2.19. The van der Waals surface area contributed by atoms with E-state index in [1.165, 1.54) is 14.2 Å². The molecule has 2 aromatic carbocycles. The lowest BCUT2D eigenvalue weighted by Gasteiger charge is -2.14. The minimum Gasteiger partial charge on any atom is -0.495 e. The van der Waals surface area contributed by atoms with E-state index in [1.54, 1.807) is 25.1 Å². The molecule has 7 nitrogen and oxygen atoms in total. The molecule has 0 spiro atoms. The minimum absolute atomic E-state index is 0.110. The molecule has 2 N–H and O–H groups in total. The van der Waals surface area contributed by atoms with E-state index in [1.807, 2.05) is 18.2 Å². The number of H-pyrrole nitrogens is 1.